The molecule has 0 spiro atoms. The number of nitrogens with zero attached hydrogens (tertiary/aromatic N) is 1. The van der Waals surface area contributed by atoms with Crippen LogP contribution in [0, 0.1) is 11.8 Å². The number of rotatable bonds is 5. The van der Waals surface area contributed by atoms with Crippen LogP contribution in [0.15, 0.2) is 0 Å². The summed E-state index contributed by atoms with van der Waals surface area (Å²) in [6, 6.07) is -0.547. The SMILES string of the molecule is CC1CCC(CCC(=O)NN2CCCC2C(=O)O)CC1. The smallest absolute Gasteiger partial charge is 0.322 e. The second kappa shape index (κ2) is 7.07. The molecule has 1 saturated heterocycles. The van der Waals surface area contributed by atoms with Gasteiger partial charge in [0.25, 0.3) is 0 Å². The highest BCUT2D eigenvalue weighted by molar-refractivity contribution is 5.77. The third kappa shape index (κ3) is 4.20. The van der Waals surface area contributed by atoms with Crippen molar-refractivity contribution in [3.8, 4) is 0 Å². The Morgan fingerprint density at radius 3 is 2.55 bits per heavy atom. The molecule has 2 rings (SSSR count). The first-order valence-corrected chi connectivity index (χ1v) is 7.85. The number of aliphatic carboxylic acids is 1. The first-order valence-electron chi connectivity index (χ1n) is 7.85. The molecule has 0 aromatic rings. The van der Waals surface area contributed by atoms with Gasteiger partial charge in [-0.25, -0.2) is 5.01 Å². The Hall–Kier alpha value is -1.10. The number of nitrogens with one attached hydrogen (secondary N) is 1. The van der Waals surface area contributed by atoms with Gasteiger partial charge in [-0.2, -0.15) is 0 Å². The number of carboxylic acids is 1. The minimum Gasteiger partial charge on any atom is -0.480 e. The summed E-state index contributed by atoms with van der Waals surface area (Å²) >= 11 is 0. The third-order valence-corrected chi connectivity index (χ3v) is 4.72. The molecule has 0 aromatic carbocycles. The summed E-state index contributed by atoms with van der Waals surface area (Å²) in [5.74, 6) is 0.632. The molecule has 2 N–H and O–H groups in total. The molecule has 1 atom stereocenters. The number of hydrazine groups is 1. The summed E-state index contributed by atoms with van der Waals surface area (Å²) in [6.07, 6.45) is 7.92. The van der Waals surface area contributed by atoms with Crippen molar-refractivity contribution in [3.05, 3.63) is 0 Å². The second-order valence-electron chi connectivity index (χ2n) is 6.39. The third-order valence-electron chi connectivity index (χ3n) is 4.72. The van der Waals surface area contributed by atoms with E-state index in [4.69, 9.17) is 5.11 Å². The monoisotopic (exact) mass is 282 g/mol. The number of amides is 1. The van der Waals surface area contributed by atoms with E-state index in [1.807, 2.05) is 0 Å². The van der Waals surface area contributed by atoms with Crippen molar-refractivity contribution in [1.29, 1.82) is 0 Å². The number of carboxylic acid groups (broad SMARTS) is 1. The molecule has 1 heterocycles. The Balaban J connectivity index is 1.69. The number of hydrogen-bond donors (Lipinski definition) is 2. The van der Waals surface area contributed by atoms with Gasteiger partial charge in [0, 0.05) is 13.0 Å². The molecule has 1 amide bonds. The standard InChI is InChI=1S/C15H26N2O3/c1-11-4-6-12(7-5-11)8-9-14(18)16-17-10-2-3-13(17)15(19)20/h11-13H,2-10H2,1H3,(H,16,18)(H,19,20). The Morgan fingerprint density at radius 2 is 1.90 bits per heavy atom. The lowest BCUT2D eigenvalue weighted by Crippen LogP contribution is -2.48. The van der Waals surface area contributed by atoms with Crippen LogP contribution in [0.1, 0.15) is 58.3 Å². The van der Waals surface area contributed by atoms with E-state index in [0.717, 1.165) is 18.8 Å². The molecule has 2 aliphatic rings. The van der Waals surface area contributed by atoms with Crippen molar-refractivity contribution in [2.45, 2.75) is 64.3 Å². The average molecular weight is 282 g/mol. The molecule has 1 aliphatic carbocycles. The molecule has 0 bridgehead atoms. The van der Waals surface area contributed by atoms with Gasteiger partial charge in [0.1, 0.15) is 6.04 Å². The van der Waals surface area contributed by atoms with Crippen molar-refractivity contribution < 1.29 is 14.7 Å². The molecule has 0 radical (unpaired) electrons. The van der Waals surface area contributed by atoms with E-state index in [1.54, 1.807) is 5.01 Å². The zero-order chi connectivity index (χ0) is 14.5. The van der Waals surface area contributed by atoms with Crippen LogP contribution in [-0.2, 0) is 9.59 Å². The summed E-state index contributed by atoms with van der Waals surface area (Å²) in [4.78, 5) is 23.0. The van der Waals surface area contributed by atoms with Crippen molar-refractivity contribution in [3.63, 3.8) is 0 Å². The molecular formula is C15H26N2O3. The van der Waals surface area contributed by atoms with E-state index < -0.39 is 12.0 Å². The number of carbonyl (C=O) groups excluding carboxylic acids is 1. The minimum atomic E-state index is -0.843. The fourth-order valence-electron chi connectivity index (χ4n) is 3.33. The Labute approximate surface area is 120 Å². The molecule has 1 aliphatic heterocycles. The van der Waals surface area contributed by atoms with Gasteiger partial charge < -0.3 is 5.11 Å². The molecule has 1 unspecified atom stereocenters. The molecule has 114 valence electrons. The van der Waals surface area contributed by atoms with Crippen LogP contribution in [0.3, 0.4) is 0 Å². The number of hydrogen-bond acceptors (Lipinski definition) is 3. The zero-order valence-electron chi connectivity index (χ0n) is 12.3. The zero-order valence-corrected chi connectivity index (χ0v) is 12.3. The maximum atomic E-state index is 11.9. The van der Waals surface area contributed by atoms with Crippen molar-refractivity contribution in [1.82, 2.24) is 10.4 Å². The number of carbonyl (C=O) groups is 2. The van der Waals surface area contributed by atoms with Gasteiger partial charge in [0.05, 0.1) is 0 Å². The van der Waals surface area contributed by atoms with Crippen LogP contribution >= 0.6 is 0 Å². The lowest BCUT2D eigenvalue weighted by atomic mass is 9.81. The molecule has 20 heavy (non-hydrogen) atoms. The highest BCUT2D eigenvalue weighted by atomic mass is 16.4. The molecule has 5 nitrogen and oxygen atoms in total. The molecule has 0 aromatic heterocycles. The average Bonchev–Trinajstić information content (AvgIpc) is 2.86. The Kier molecular flexibility index (Phi) is 5.40. The van der Waals surface area contributed by atoms with E-state index in [-0.39, 0.29) is 5.91 Å². The fraction of sp³-hybridized carbons (Fsp3) is 0.867. The summed E-state index contributed by atoms with van der Waals surface area (Å²) in [6.45, 7) is 2.94. The van der Waals surface area contributed by atoms with Crippen molar-refractivity contribution in [2.75, 3.05) is 6.54 Å². The predicted octanol–water partition coefficient (Wildman–Crippen LogP) is 2.17. The normalized spacial score (nSPS) is 31.1. The molecule has 2 fully saturated rings. The van der Waals surface area contributed by atoms with Crippen LogP contribution in [0.2, 0.25) is 0 Å². The first-order chi connectivity index (χ1) is 9.56. The van der Waals surface area contributed by atoms with Crippen LogP contribution in [0.4, 0.5) is 0 Å². The van der Waals surface area contributed by atoms with Crippen LogP contribution in [-0.4, -0.2) is 34.6 Å². The minimum absolute atomic E-state index is 0.0308. The van der Waals surface area contributed by atoms with Crippen molar-refractivity contribution >= 4 is 11.9 Å². The van der Waals surface area contributed by atoms with E-state index in [9.17, 15) is 9.59 Å². The predicted molar refractivity (Wildman–Crippen MR) is 75.9 cm³/mol. The maximum Gasteiger partial charge on any atom is 0.322 e. The highest BCUT2D eigenvalue weighted by Crippen LogP contribution is 2.31. The second-order valence-corrected chi connectivity index (χ2v) is 6.39. The van der Waals surface area contributed by atoms with Crippen molar-refractivity contribution in [2.24, 2.45) is 11.8 Å². The quantitative estimate of drug-likeness (QED) is 0.811. The first kappa shape index (κ1) is 15.3. The van der Waals surface area contributed by atoms with Gasteiger partial charge in [0.2, 0.25) is 5.91 Å². The summed E-state index contributed by atoms with van der Waals surface area (Å²) < 4.78 is 0. The summed E-state index contributed by atoms with van der Waals surface area (Å²) in [7, 11) is 0. The van der Waals surface area contributed by atoms with Crippen LogP contribution in [0.25, 0.3) is 0 Å². The van der Waals surface area contributed by atoms with E-state index in [0.29, 0.717) is 25.3 Å². The van der Waals surface area contributed by atoms with Gasteiger partial charge >= 0.3 is 5.97 Å². The molecule has 5 heteroatoms. The largest absolute Gasteiger partial charge is 0.480 e. The van der Waals surface area contributed by atoms with E-state index >= 15 is 0 Å². The van der Waals surface area contributed by atoms with Gasteiger partial charge in [-0.3, -0.25) is 15.0 Å². The fourth-order valence-corrected chi connectivity index (χ4v) is 3.33. The van der Waals surface area contributed by atoms with Gasteiger partial charge in [-0.15, -0.1) is 0 Å². The van der Waals surface area contributed by atoms with Gasteiger partial charge in [0.15, 0.2) is 0 Å². The topological polar surface area (TPSA) is 69.6 Å². The van der Waals surface area contributed by atoms with Crippen LogP contribution in [0.5, 0.6) is 0 Å². The van der Waals surface area contributed by atoms with E-state index in [2.05, 4.69) is 12.3 Å². The highest BCUT2D eigenvalue weighted by Gasteiger charge is 2.31. The van der Waals surface area contributed by atoms with E-state index in [1.165, 1.54) is 25.7 Å². The van der Waals surface area contributed by atoms with Gasteiger partial charge in [-0.1, -0.05) is 32.6 Å². The maximum absolute atomic E-state index is 11.9. The van der Waals surface area contributed by atoms with Gasteiger partial charge in [-0.05, 0) is 31.1 Å². The molecule has 1 saturated carbocycles. The molecular weight excluding hydrogens is 256 g/mol. The summed E-state index contributed by atoms with van der Waals surface area (Å²) in [5.41, 5.74) is 2.77. The summed E-state index contributed by atoms with van der Waals surface area (Å²) in [5, 5.41) is 10.7. The Bertz CT molecular complexity index is 351. The Morgan fingerprint density at radius 1 is 1.20 bits per heavy atom. The lowest BCUT2D eigenvalue weighted by molar-refractivity contribution is -0.144. The van der Waals surface area contributed by atoms with Crippen LogP contribution < -0.4 is 5.43 Å². The lowest BCUT2D eigenvalue weighted by Gasteiger charge is -2.26.